The predicted molar refractivity (Wildman–Crippen MR) is 80.2 cm³/mol. The molecule has 0 aliphatic rings. The van der Waals surface area contributed by atoms with Crippen LogP contribution >= 0.6 is 0 Å². The number of nitrogen functional groups attached to an aromatic ring is 1. The third-order valence-corrected chi connectivity index (χ3v) is 3.42. The number of nitrogens with one attached hydrogen (secondary N) is 1. The van der Waals surface area contributed by atoms with Gasteiger partial charge in [-0.3, -0.25) is 4.68 Å². The van der Waals surface area contributed by atoms with E-state index in [1.807, 2.05) is 7.05 Å². The normalized spacial score (nSPS) is 13.6. The van der Waals surface area contributed by atoms with Crippen LogP contribution < -0.4 is 11.1 Å². The summed E-state index contributed by atoms with van der Waals surface area (Å²) in [5.74, 6) is 0.858. The van der Waals surface area contributed by atoms with Gasteiger partial charge >= 0.3 is 0 Å². The zero-order valence-corrected chi connectivity index (χ0v) is 12.8. The Balaban J connectivity index is 2.96. The molecule has 1 aromatic heterocycles. The van der Waals surface area contributed by atoms with Crippen molar-refractivity contribution in [2.45, 2.75) is 53.0 Å². The number of aryl methyl sites for hydroxylation is 2. The molecule has 1 rings (SSSR count). The fourth-order valence-corrected chi connectivity index (χ4v) is 2.20. The molecule has 0 aliphatic carbocycles. The molecular weight excluding hydrogens is 240 g/mol. The SMILES string of the molecule is CCCc1nn(C)c(NC(CCO)C(C)(C)C)c1N. The summed E-state index contributed by atoms with van der Waals surface area (Å²) in [6.07, 6.45) is 2.61. The van der Waals surface area contributed by atoms with Crippen molar-refractivity contribution in [1.82, 2.24) is 9.78 Å². The van der Waals surface area contributed by atoms with Crippen molar-refractivity contribution in [1.29, 1.82) is 0 Å². The van der Waals surface area contributed by atoms with Gasteiger partial charge in [-0.15, -0.1) is 0 Å². The van der Waals surface area contributed by atoms with Crippen molar-refractivity contribution < 1.29 is 5.11 Å². The molecule has 0 aromatic carbocycles. The molecule has 0 spiro atoms. The van der Waals surface area contributed by atoms with E-state index in [0.717, 1.165) is 30.0 Å². The van der Waals surface area contributed by atoms with Crippen LogP contribution in [0.4, 0.5) is 11.5 Å². The first-order chi connectivity index (χ1) is 8.81. The molecule has 0 saturated heterocycles. The van der Waals surface area contributed by atoms with Crippen LogP contribution in [0.15, 0.2) is 0 Å². The molecule has 4 N–H and O–H groups in total. The molecule has 19 heavy (non-hydrogen) atoms. The largest absolute Gasteiger partial charge is 0.396 e. The lowest BCUT2D eigenvalue weighted by molar-refractivity contribution is 0.235. The summed E-state index contributed by atoms with van der Waals surface area (Å²) in [6.45, 7) is 8.74. The van der Waals surface area contributed by atoms with E-state index in [4.69, 9.17) is 5.73 Å². The van der Waals surface area contributed by atoms with Gasteiger partial charge < -0.3 is 16.2 Å². The number of anilines is 2. The van der Waals surface area contributed by atoms with E-state index in [-0.39, 0.29) is 18.1 Å². The summed E-state index contributed by atoms with van der Waals surface area (Å²) in [6, 6.07) is 0.157. The van der Waals surface area contributed by atoms with Gasteiger partial charge in [0.05, 0.1) is 11.4 Å². The van der Waals surface area contributed by atoms with Crippen LogP contribution in [0.3, 0.4) is 0 Å². The van der Waals surface area contributed by atoms with Crippen LogP contribution in [0, 0.1) is 5.41 Å². The van der Waals surface area contributed by atoms with Gasteiger partial charge in [0.2, 0.25) is 0 Å². The highest BCUT2D eigenvalue weighted by Gasteiger charge is 2.26. The number of aromatic nitrogens is 2. The smallest absolute Gasteiger partial charge is 0.148 e. The molecule has 5 nitrogen and oxygen atoms in total. The van der Waals surface area contributed by atoms with E-state index in [2.05, 4.69) is 38.1 Å². The Labute approximate surface area is 116 Å². The fourth-order valence-electron chi connectivity index (χ4n) is 2.20. The zero-order chi connectivity index (χ0) is 14.6. The number of aliphatic hydroxyl groups is 1. The van der Waals surface area contributed by atoms with Crippen molar-refractivity contribution >= 4 is 11.5 Å². The first-order valence-electron chi connectivity index (χ1n) is 7.00. The number of hydrogen-bond donors (Lipinski definition) is 3. The van der Waals surface area contributed by atoms with E-state index < -0.39 is 0 Å². The highest BCUT2D eigenvalue weighted by molar-refractivity contribution is 5.65. The number of hydrogen-bond acceptors (Lipinski definition) is 4. The first-order valence-corrected chi connectivity index (χ1v) is 7.00. The third-order valence-electron chi connectivity index (χ3n) is 3.42. The Bertz CT molecular complexity index is 406. The Kier molecular flexibility index (Phi) is 5.23. The Morgan fingerprint density at radius 1 is 1.42 bits per heavy atom. The van der Waals surface area contributed by atoms with Crippen LogP contribution in [-0.2, 0) is 13.5 Å². The molecular formula is C14H28N4O. The lowest BCUT2D eigenvalue weighted by Gasteiger charge is -2.32. The van der Waals surface area contributed by atoms with E-state index in [9.17, 15) is 5.11 Å². The van der Waals surface area contributed by atoms with Gasteiger partial charge in [-0.1, -0.05) is 34.1 Å². The average molecular weight is 268 g/mol. The van der Waals surface area contributed by atoms with Gasteiger partial charge in [0, 0.05) is 19.7 Å². The van der Waals surface area contributed by atoms with Crippen LogP contribution in [0.5, 0.6) is 0 Å². The van der Waals surface area contributed by atoms with Crippen LogP contribution in [0.2, 0.25) is 0 Å². The van der Waals surface area contributed by atoms with Crippen molar-refractivity contribution in [3.05, 3.63) is 5.69 Å². The Hall–Kier alpha value is -1.23. The maximum absolute atomic E-state index is 9.21. The number of aliphatic hydroxyl groups excluding tert-OH is 1. The summed E-state index contributed by atoms with van der Waals surface area (Å²) >= 11 is 0. The van der Waals surface area contributed by atoms with Gasteiger partial charge in [-0.25, -0.2) is 0 Å². The van der Waals surface area contributed by atoms with E-state index in [0.29, 0.717) is 6.42 Å². The Morgan fingerprint density at radius 2 is 2.05 bits per heavy atom. The molecule has 0 amide bonds. The summed E-state index contributed by atoms with van der Waals surface area (Å²) < 4.78 is 1.80. The lowest BCUT2D eigenvalue weighted by Crippen LogP contribution is -2.35. The summed E-state index contributed by atoms with van der Waals surface area (Å²) in [5, 5.41) is 17.1. The van der Waals surface area contributed by atoms with E-state index >= 15 is 0 Å². The second-order valence-corrected chi connectivity index (χ2v) is 6.16. The van der Waals surface area contributed by atoms with Crippen LogP contribution in [-0.4, -0.2) is 27.5 Å². The van der Waals surface area contributed by atoms with Crippen molar-refractivity contribution in [3.63, 3.8) is 0 Å². The predicted octanol–water partition coefficient (Wildman–Crippen LogP) is 2.16. The molecule has 0 fully saturated rings. The first kappa shape index (κ1) is 15.8. The van der Waals surface area contributed by atoms with Gasteiger partial charge in [0.15, 0.2) is 0 Å². The van der Waals surface area contributed by atoms with E-state index in [1.54, 1.807) is 4.68 Å². The summed E-state index contributed by atoms with van der Waals surface area (Å²) in [5.41, 5.74) is 7.90. The maximum Gasteiger partial charge on any atom is 0.148 e. The van der Waals surface area contributed by atoms with Crippen LogP contribution in [0.1, 0.15) is 46.2 Å². The zero-order valence-electron chi connectivity index (χ0n) is 12.8. The fraction of sp³-hybridized carbons (Fsp3) is 0.786. The highest BCUT2D eigenvalue weighted by Crippen LogP contribution is 2.29. The topological polar surface area (TPSA) is 76.1 Å². The molecule has 0 saturated carbocycles. The van der Waals surface area contributed by atoms with Gasteiger partial charge in [-0.2, -0.15) is 5.10 Å². The molecule has 0 radical (unpaired) electrons. The summed E-state index contributed by atoms with van der Waals surface area (Å²) in [4.78, 5) is 0. The van der Waals surface area contributed by atoms with Crippen molar-refractivity contribution in [2.75, 3.05) is 17.7 Å². The van der Waals surface area contributed by atoms with Crippen LogP contribution in [0.25, 0.3) is 0 Å². The Morgan fingerprint density at radius 3 is 2.53 bits per heavy atom. The van der Waals surface area contributed by atoms with Crippen molar-refractivity contribution in [2.24, 2.45) is 12.5 Å². The molecule has 1 unspecified atom stereocenters. The average Bonchev–Trinajstić information content (AvgIpc) is 2.55. The van der Waals surface area contributed by atoms with Gasteiger partial charge in [0.25, 0.3) is 0 Å². The molecule has 1 heterocycles. The lowest BCUT2D eigenvalue weighted by atomic mass is 9.85. The quantitative estimate of drug-likeness (QED) is 0.739. The number of rotatable bonds is 6. The molecule has 0 bridgehead atoms. The second kappa shape index (κ2) is 6.28. The molecule has 0 aliphatic heterocycles. The maximum atomic E-state index is 9.21. The second-order valence-electron chi connectivity index (χ2n) is 6.16. The molecule has 5 heteroatoms. The van der Waals surface area contributed by atoms with E-state index in [1.165, 1.54) is 0 Å². The van der Waals surface area contributed by atoms with Gasteiger partial charge in [0.1, 0.15) is 5.82 Å². The van der Waals surface area contributed by atoms with Crippen molar-refractivity contribution in [3.8, 4) is 0 Å². The molecule has 1 atom stereocenters. The number of nitrogens with zero attached hydrogens (tertiary/aromatic N) is 2. The minimum absolute atomic E-state index is 0.0460. The van der Waals surface area contributed by atoms with Gasteiger partial charge in [-0.05, 0) is 18.3 Å². The minimum Gasteiger partial charge on any atom is -0.396 e. The third kappa shape index (κ3) is 3.86. The summed E-state index contributed by atoms with van der Waals surface area (Å²) in [7, 11) is 1.90. The molecule has 1 aromatic rings. The number of nitrogens with two attached hydrogens (primary N) is 1. The standard InChI is InChI=1S/C14H28N4O/c1-6-7-10-12(15)13(18(5)17-10)16-11(8-9-19)14(2,3)4/h11,16,19H,6-9,15H2,1-5H3. The monoisotopic (exact) mass is 268 g/mol. The minimum atomic E-state index is 0.0460. The highest BCUT2D eigenvalue weighted by atomic mass is 16.3. The molecule has 110 valence electrons.